The van der Waals surface area contributed by atoms with Crippen LogP contribution in [0.4, 0.5) is 5.95 Å². The van der Waals surface area contributed by atoms with Crippen molar-refractivity contribution in [1.82, 2.24) is 19.4 Å². The van der Waals surface area contributed by atoms with Gasteiger partial charge in [0.1, 0.15) is 0 Å². The van der Waals surface area contributed by atoms with Crippen LogP contribution < -0.4 is 14.4 Å². The maximum Gasteiger partial charge on any atom is 0.254 e. The second kappa shape index (κ2) is 16.3. The summed E-state index contributed by atoms with van der Waals surface area (Å²) in [5.41, 5.74) is 4.76. The number of imidazole rings is 1. The van der Waals surface area contributed by atoms with Gasteiger partial charge in [0.2, 0.25) is 5.95 Å². The normalized spacial score (nSPS) is 18.4. The van der Waals surface area contributed by atoms with Gasteiger partial charge in [0.05, 0.1) is 31.9 Å². The number of halogens is 1. The van der Waals surface area contributed by atoms with Crippen LogP contribution in [0.5, 0.6) is 11.5 Å². The minimum atomic E-state index is -0.162. The Bertz CT molecular complexity index is 1710. The van der Waals surface area contributed by atoms with Gasteiger partial charge in [0, 0.05) is 61.9 Å². The van der Waals surface area contributed by atoms with E-state index in [1.165, 1.54) is 5.56 Å². The summed E-state index contributed by atoms with van der Waals surface area (Å²) < 4.78 is 19.1. The zero-order valence-electron chi connectivity index (χ0n) is 29.2. The van der Waals surface area contributed by atoms with Gasteiger partial charge in [-0.1, -0.05) is 35.9 Å². The van der Waals surface area contributed by atoms with Gasteiger partial charge in [-0.3, -0.25) is 4.79 Å². The Morgan fingerprint density at radius 1 is 0.959 bits per heavy atom. The highest BCUT2D eigenvalue weighted by atomic mass is 35.5. The van der Waals surface area contributed by atoms with E-state index in [0.717, 1.165) is 86.1 Å². The summed E-state index contributed by atoms with van der Waals surface area (Å²) in [6.45, 7) is 12.3. The number of fused-ring (bicyclic) bond motifs is 1. The molecule has 0 aliphatic carbocycles. The Morgan fingerprint density at radius 2 is 1.76 bits per heavy atom. The molecule has 1 atom stereocenters. The Labute approximate surface area is 294 Å². The van der Waals surface area contributed by atoms with Crippen molar-refractivity contribution < 1.29 is 24.5 Å². The third-order valence-electron chi connectivity index (χ3n) is 10.1. The molecule has 3 heterocycles. The van der Waals surface area contributed by atoms with Crippen LogP contribution in [0.15, 0.2) is 60.7 Å². The first-order valence-corrected chi connectivity index (χ1v) is 17.5. The lowest BCUT2D eigenvalue weighted by molar-refractivity contribution is 0.0780. The Hall–Kier alpha value is -3.83. The average Bonchev–Trinajstić information content (AvgIpc) is 3.62. The molecular weight excluding hydrogens is 642 g/mol. The summed E-state index contributed by atoms with van der Waals surface area (Å²) in [7, 11) is 3.23. The van der Waals surface area contributed by atoms with Crippen molar-refractivity contribution in [3.8, 4) is 11.5 Å². The molecule has 2 saturated heterocycles. The molecule has 0 bridgehead atoms. The third kappa shape index (κ3) is 7.83. The van der Waals surface area contributed by atoms with E-state index in [4.69, 9.17) is 30.8 Å². The number of likely N-dealkylation sites (tertiary alicyclic amines) is 1. The SMILES string of the molecule is CCOCCn1c(N2CCCN(CCC3(c4ccc(Cl)cc4)CCN(C(=O)c4cc(C)c(OC)c(OC)c4)C3)CC2)nc2ccccc21.O. The van der Waals surface area contributed by atoms with Gasteiger partial charge in [-0.05, 0) is 93.7 Å². The second-order valence-electron chi connectivity index (χ2n) is 13.0. The number of ether oxygens (including phenoxy) is 3. The molecule has 49 heavy (non-hydrogen) atoms. The van der Waals surface area contributed by atoms with Crippen LogP contribution >= 0.6 is 11.6 Å². The summed E-state index contributed by atoms with van der Waals surface area (Å²) in [6, 6.07) is 20.3. The first-order valence-electron chi connectivity index (χ1n) is 17.1. The van der Waals surface area contributed by atoms with E-state index >= 15 is 0 Å². The molecule has 4 aromatic rings. The fraction of sp³-hybridized carbons (Fsp3) is 0.474. The maximum atomic E-state index is 13.9. The van der Waals surface area contributed by atoms with Crippen LogP contribution in [0.1, 0.15) is 47.7 Å². The molecule has 2 aliphatic heterocycles. The van der Waals surface area contributed by atoms with Crippen molar-refractivity contribution in [3.63, 3.8) is 0 Å². The van der Waals surface area contributed by atoms with Crippen molar-refractivity contribution in [2.75, 3.05) is 78.1 Å². The van der Waals surface area contributed by atoms with Crippen molar-refractivity contribution >= 4 is 34.5 Å². The lowest BCUT2D eigenvalue weighted by atomic mass is 9.76. The zero-order valence-corrected chi connectivity index (χ0v) is 30.0. The minimum Gasteiger partial charge on any atom is -0.493 e. The van der Waals surface area contributed by atoms with Crippen molar-refractivity contribution in [1.29, 1.82) is 0 Å². The number of anilines is 1. The summed E-state index contributed by atoms with van der Waals surface area (Å²) in [6.07, 6.45) is 2.92. The zero-order chi connectivity index (χ0) is 33.7. The number of carbonyl (C=O) groups is 1. The Balaban J connectivity index is 0.00000468. The van der Waals surface area contributed by atoms with Gasteiger partial charge in [0.25, 0.3) is 5.91 Å². The molecule has 1 amide bonds. The standard InChI is InChI=1S/C38H48ClN5O4.H2O/c1-5-48-24-23-44-33-10-7-6-9-32(33)40-37(44)42-18-8-17-41(21-22-42)19-15-38(30-11-13-31(39)14-12-30)16-20-43(27-38)36(45)29-25-28(2)35(47-4)34(26-29)46-3;/h6-7,9-14,25-26H,5,8,15-24,27H2,1-4H3;1H2. The molecule has 264 valence electrons. The first kappa shape index (κ1) is 36.5. The van der Waals surface area contributed by atoms with Gasteiger partial charge in [-0.2, -0.15) is 0 Å². The van der Waals surface area contributed by atoms with Crippen LogP contribution in [0.25, 0.3) is 11.0 Å². The average molecular weight is 692 g/mol. The van der Waals surface area contributed by atoms with Gasteiger partial charge < -0.3 is 39.0 Å². The molecule has 6 rings (SSSR count). The van der Waals surface area contributed by atoms with E-state index in [1.807, 2.05) is 36.9 Å². The lowest BCUT2D eigenvalue weighted by Crippen LogP contribution is -2.39. The minimum absolute atomic E-state index is 0. The number of rotatable bonds is 12. The fourth-order valence-electron chi connectivity index (χ4n) is 7.49. The van der Waals surface area contributed by atoms with E-state index in [9.17, 15) is 4.79 Å². The van der Waals surface area contributed by atoms with Crippen LogP contribution in [0, 0.1) is 6.92 Å². The lowest BCUT2D eigenvalue weighted by Gasteiger charge is -2.33. The quantitative estimate of drug-likeness (QED) is 0.178. The summed E-state index contributed by atoms with van der Waals surface area (Å²) in [5, 5.41) is 0.723. The molecule has 10 nitrogen and oxygen atoms in total. The molecule has 1 unspecified atom stereocenters. The number of aromatic nitrogens is 2. The number of benzene rings is 3. The first-order chi connectivity index (χ1) is 23.4. The molecular formula is C38H50ClN5O5. The summed E-state index contributed by atoms with van der Waals surface area (Å²) >= 11 is 6.33. The highest BCUT2D eigenvalue weighted by Gasteiger charge is 2.42. The van der Waals surface area contributed by atoms with E-state index in [-0.39, 0.29) is 16.8 Å². The third-order valence-corrected chi connectivity index (χ3v) is 10.3. The fourth-order valence-corrected chi connectivity index (χ4v) is 7.61. The molecule has 0 spiro atoms. The molecule has 2 N–H and O–H groups in total. The number of methoxy groups -OCH3 is 2. The van der Waals surface area contributed by atoms with Crippen molar-refractivity contribution in [2.45, 2.75) is 45.1 Å². The smallest absolute Gasteiger partial charge is 0.254 e. The van der Waals surface area contributed by atoms with Crippen LogP contribution in [0.2, 0.25) is 5.02 Å². The van der Waals surface area contributed by atoms with E-state index in [1.54, 1.807) is 20.3 Å². The number of hydrogen-bond acceptors (Lipinski definition) is 7. The second-order valence-corrected chi connectivity index (χ2v) is 13.4. The van der Waals surface area contributed by atoms with Gasteiger partial charge in [0.15, 0.2) is 11.5 Å². The molecule has 0 saturated carbocycles. The van der Waals surface area contributed by atoms with Crippen LogP contribution in [-0.2, 0) is 16.7 Å². The van der Waals surface area contributed by atoms with Crippen molar-refractivity contribution in [2.24, 2.45) is 0 Å². The van der Waals surface area contributed by atoms with Gasteiger partial charge >= 0.3 is 0 Å². The number of hydrogen-bond donors (Lipinski definition) is 0. The van der Waals surface area contributed by atoms with Gasteiger partial charge in [-0.25, -0.2) is 4.98 Å². The predicted octanol–water partition coefficient (Wildman–Crippen LogP) is 5.61. The van der Waals surface area contributed by atoms with E-state index < -0.39 is 0 Å². The monoisotopic (exact) mass is 691 g/mol. The van der Waals surface area contributed by atoms with E-state index in [0.29, 0.717) is 43.4 Å². The van der Waals surface area contributed by atoms with E-state index in [2.05, 4.69) is 50.8 Å². The molecule has 2 aliphatic rings. The molecule has 1 aromatic heterocycles. The number of para-hydroxylation sites is 2. The predicted molar refractivity (Wildman–Crippen MR) is 196 cm³/mol. The number of aryl methyl sites for hydroxylation is 1. The topological polar surface area (TPSA) is 104 Å². The highest BCUT2D eigenvalue weighted by molar-refractivity contribution is 6.30. The molecule has 11 heteroatoms. The largest absolute Gasteiger partial charge is 0.493 e. The Morgan fingerprint density at radius 3 is 2.51 bits per heavy atom. The van der Waals surface area contributed by atoms with Crippen molar-refractivity contribution in [3.05, 3.63) is 82.4 Å². The maximum absolute atomic E-state index is 13.9. The molecule has 0 radical (unpaired) electrons. The summed E-state index contributed by atoms with van der Waals surface area (Å²) in [5.74, 6) is 2.28. The van der Waals surface area contributed by atoms with Gasteiger partial charge in [-0.15, -0.1) is 0 Å². The number of amides is 1. The summed E-state index contributed by atoms with van der Waals surface area (Å²) in [4.78, 5) is 26.0. The highest BCUT2D eigenvalue weighted by Crippen LogP contribution is 2.40. The molecule has 3 aromatic carbocycles. The Kier molecular flexibility index (Phi) is 12.1. The number of nitrogens with zero attached hydrogens (tertiary/aromatic N) is 5. The molecule has 2 fully saturated rings. The van der Waals surface area contributed by atoms with Crippen LogP contribution in [-0.4, -0.2) is 104 Å². The number of carbonyl (C=O) groups excluding carboxylic acids is 1. The van der Waals surface area contributed by atoms with Crippen LogP contribution in [0.3, 0.4) is 0 Å².